The van der Waals surface area contributed by atoms with E-state index in [0.717, 1.165) is 43.6 Å². The van der Waals surface area contributed by atoms with Crippen LogP contribution in [0, 0.1) is 28.7 Å². The number of rotatable bonds is 9. The molecule has 122 valence electrons. The van der Waals surface area contributed by atoms with Gasteiger partial charge in [0.15, 0.2) is 0 Å². The quantitative estimate of drug-likeness (QED) is 0.499. The number of allylic oxidation sites excluding steroid dienone is 3. The highest BCUT2D eigenvalue weighted by molar-refractivity contribution is 5.36. The molecule has 0 aliphatic heterocycles. The first-order valence-electron chi connectivity index (χ1n) is 8.26. The van der Waals surface area contributed by atoms with Gasteiger partial charge >= 0.3 is 0 Å². The molecule has 1 aliphatic rings. The van der Waals surface area contributed by atoms with E-state index >= 15 is 0 Å². The van der Waals surface area contributed by atoms with Crippen LogP contribution in [0.25, 0.3) is 0 Å². The van der Waals surface area contributed by atoms with Gasteiger partial charge in [0.05, 0.1) is 6.07 Å². The fraction of sp³-hybridized carbons (Fsp3) is 0.706. The number of nitriles is 1. The van der Waals surface area contributed by atoms with Crippen molar-refractivity contribution in [2.24, 2.45) is 17.1 Å². The molecule has 0 aromatic carbocycles. The minimum absolute atomic E-state index is 0.315. The van der Waals surface area contributed by atoms with E-state index in [9.17, 15) is 5.26 Å². The van der Waals surface area contributed by atoms with Crippen LogP contribution in [0.4, 0.5) is 0 Å². The van der Waals surface area contributed by atoms with Crippen molar-refractivity contribution in [2.75, 3.05) is 13.1 Å². The standard InChI is InChI=1S/C17H29N5/c1-5-13(3)17(9-10-22(6-2)21-19)20-16-8-7-14(4)15(11-16)12-18/h8,11,13-14,17,19-20H,5-7,9-10H2,1-4H3. The molecule has 0 amide bonds. The van der Waals surface area contributed by atoms with Crippen LogP contribution in [0.5, 0.6) is 0 Å². The summed E-state index contributed by atoms with van der Waals surface area (Å²) in [5.41, 5.74) is 9.07. The summed E-state index contributed by atoms with van der Waals surface area (Å²) in [4.78, 5) is 0. The summed E-state index contributed by atoms with van der Waals surface area (Å²) in [5, 5.41) is 18.1. The first-order valence-corrected chi connectivity index (χ1v) is 8.26. The van der Waals surface area contributed by atoms with E-state index in [-0.39, 0.29) is 0 Å². The molecule has 0 saturated heterocycles. The first kappa shape index (κ1) is 18.2. The minimum Gasteiger partial charge on any atom is -0.382 e. The molecule has 0 radical (unpaired) electrons. The van der Waals surface area contributed by atoms with E-state index in [1.54, 1.807) is 5.01 Å². The molecule has 5 nitrogen and oxygen atoms in total. The van der Waals surface area contributed by atoms with E-state index in [0.29, 0.717) is 17.9 Å². The van der Waals surface area contributed by atoms with Gasteiger partial charge in [-0.05, 0) is 37.7 Å². The highest BCUT2D eigenvalue weighted by Gasteiger charge is 2.19. The third-order valence-electron chi connectivity index (χ3n) is 4.55. The zero-order chi connectivity index (χ0) is 16.5. The Morgan fingerprint density at radius 1 is 1.55 bits per heavy atom. The van der Waals surface area contributed by atoms with Crippen LogP contribution in [-0.4, -0.2) is 24.1 Å². The van der Waals surface area contributed by atoms with Crippen LogP contribution >= 0.6 is 0 Å². The number of nitrogens with zero attached hydrogens (tertiary/aromatic N) is 3. The fourth-order valence-corrected chi connectivity index (χ4v) is 2.61. The molecule has 0 bridgehead atoms. The van der Waals surface area contributed by atoms with Crippen molar-refractivity contribution in [3.8, 4) is 6.07 Å². The largest absolute Gasteiger partial charge is 0.382 e. The topological polar surface area (TPSA) is 75.3 Å². The molecule has 1 aliphatic carbocycles. The van der Waals surface area contributed by atoms with Crippen LogP contribution in [0.15, 0.2) is 28.6 Å². The second-order valence-corrected chi connectivity index (χ2v) is 6.08. The lowest BCUT2D eigenvalue weighted by Gasteiger charge is -2.29. The Kier molecular flexibility index (Phi) is 7.65. The molecule has 2 N–H and O–H groups in total. The normalized spacial score (nSPS) is 20.2. The monoisotopic (exact) mass is 303 g/mol. The maximum atomic E-state index is 9.20. The van der Waals surface area contributed by atoms with Gasteiger partial charge in [-0.2, -0.15) is 10.8 Å². The Morgan fingerprint density at radius 2 is 2.27 bits per heavy atom. The third-order valence-corrected chi connectivity index (χ3v) is 4.55. The van der Waals surface area contributed by atoms with Crippen molar-refractivity contribution < 1.29 is 0 Å². The van der Waals surface area contributed by atoms with Crippen molar-refractivity contribution in [3.63, 3.8) is 0 Å². The Labute approximate surface area is 134 Å². The zero-order valence-electron chi connectivity index (χ0n) is 14.3. The highest BCUT2D eigenvalue weighted by Crippen LogP contribution is 2.23. The average molecular weight is 303 g/mol. The van der Waals surface area contributed by atoms with E-state index in [1.807, 2.05) is 13.0 Å². The Hall–Kier alpha value is -1.83. The van der Waals surface area contributed by atoms with Crippen LogP contribution < -0.4 is 5.32 Å². The minimum atomic E-state index is 0.315. The maximum Gasteiger partial charge on any atom is 0.0950 e. The molecule has 0 aromatic heterocycles. The van der Waals surface area contributed by atoms with E-state index < -0.39 is 0 Å². The zero-order valence-corrected chi connectivity index (χ0v) is 14.3. The summed E-state index contributed by atoms with van der Waals surface area (Å²) in [6.07, 6.45) is 7.12. The summed E-state index contributed by atoms with van der Waals surface area (Å²) >= 11 is 0. The predicted molar refractivity (Wildman–Crippen MR) is 89.0 cm³/mol. The molecular weight excluding hydrogens is 274 g/mol. The molecule has 0 saturated carbocycles. The maximum absolute atomic E-state index is 9.20. The number of nitrogens with one attached hydrogen (secondary N) is 2. The van der Waals surface area contributed by atoms with Gasteiger partial charge < -0.3 is 5.32 Å². The Bertz CT molecular complexity index is 460. The average Bonchev–Trinajstić information content (AvgIpc) is 2.55. The number of hydrogen-bond acceptors (Lipinski definition) is 4. The smallest absolute Gasteiger partial charge is 0.0950 e. The molecule has 0 spiro atoms. The van der Waals surface area contributed by atoms with Crippen LogP contribution in [0.2, 0.25) is 0 Å². The van der Waals surface area contributed by atoms with Gasteiger partial charge in [0.2, 0.25) is 0 Å². The second kappa shape index (κ2) is 9.24. The molecule has 3 atom stereocenters. The van der Waals surface area contributed by atoms with Gasteiger partial charge in [-0.3, -0.25) is 5.01 Å². The van der Waals surface area contributed by atoms with Crippen molar-refractivity contribution in [1.82, 2.24) is 10.3 Å². The molecular formula is C17H29N5. The Balaban J connectivity index is 2.72. The summed E-state index contributed by atoms with van der Waals surface area (Å²) in [6, 6.07) is 2.63. The van der Waals surface area contributed by atoms with Crippen LogP contribution in [0.1, 0.15) is 47.0 Å². The van der Waals surface area contributed by atoms with E-state index in [2.05, 4.69) is 43.5 Å². The van der Waals surface area contributed by atoms with Crippen LogP contribution in [0.3, 0.4) is 0 Å². The summed E-state index contributed by atoms with van der Waals surface area (Å²) in [5.74, 6) is 0.846. The molecule has 0 aromatic rings. The summed E-state index contributed by atoms with van der Waals surface area (Å²) in [7, 11) is 0. The SMILES string of the molecule is CCC(C)C(CCN(CC)N=N)NC1=CCC(C)C(C#N)=C1. The molecule has 22 heavy (non-hydrogen) atoms. The third kappa shape index (κ3) is 5.18. The predicted octanol–water partition coefficient (Wildman–Crippen LogP) is 4.02. The van der Waals surface area contributed by atoms with Crippen molar-refractivity contribution >= 4 is 0 Å². The van der Waals surface area contributed by atoms with Gasteiger partial charge in [0.25, 0.3) is 0 Å². The Morgan fingerprint density at radius 3 is 2.82 bits per heavy atom. The van der Waals surface area contributed by atoms with Gasteiger partial charge in [0, 0.05) is 30.4 Å². The lowest BCUT2D eigenvalue weighted by Crippen LogP contribution is -2.37. The van der Waals surface area contributed by atoms with E-state index in [4.69, 9.17) is 5.53 Å². The summed E-state index contributed by atoms with van der Waals surface area (Å²) < 4.78 is 0. The van der Waals surface area contributed by atoms with Gasteiger partial charge in [-0.1, -0.05) is 38.5 Å². The number of hydrogen-bond donors (Lipinski definition) is 2. The molecule has 1 rings (SSSR count). The molecule has 3 unspecified atom stereocenters. The molecule has 5 heteroatoms. The van der Waals surface area contributed by atoms with Gasteiger partial charge in [0.1, 0.15) is 0 Å². The molecule has 0 heterocycles. The van der Waals surface area contributed by atoms with E-state index in [1.165, 1.54) is 0 Å². The first-order chi connectivity index (χ1) is 10.5. The van der Waals surface area contributed by atoms with Crippen LogP contribution in [-0.2, 0) is 0 Å². The van der Waals surface area contributed by atoms with Gasteiger partial charge in [-0.25, -0.2) is 0 Å². The fourth-order valence-electron chi connectivity index (χ4n) is 2.61. The lowest BCUT2D eigenvalue weighted by atomic mass is 9.91. The highest BCUT2D eigenvalue weighted by atomic mass is 15.5. The lowest BCUT2D eigenvalue weighted by molar-refractivity contribution is 0.242. The summed E-state index contributed by atoms with van der Waals surface area (Å²) in [6.45, 7) is 10.1. The van der Waals surface area contributed by atoms with Gasteiger partial charge in [-0.15, -0.1) is 0 Å². The van der Waals surface area contributed by atoms with Crippen molar-refractivity contribution in [3.05, 3.63) is 23.4 Å². The van der Waals surface area contributed by atoms with Crippen molar-refractivity contribution in [2.45, 2.75) is 53.0 Å². The van der Waals surface area contributed by atoms with Crippen molar-refractivity contribution in [1.29, 1.82) is 10.8 Å². The molecule has 0 fully saturated rings. The second-order valence-electron chi connectivity index (χ2n) is 6.08.